The van der Waals surface area contributed by atoms with Crippen molar-refractivity contribution in [1.29, 1.82) is 0 Å². The van der Waals surface area contributed by atoms with Crippen molar-refractivity contribution < 1.29 is 4.57 Å². The van der Waals surface area contributed by atoms with Gasteiger partial charge < -0.3 is 0 Å². The highest BCUT2D eigenvalue weighted by atomic mass is 15.0. The third-order valence-corrected chi connectivity index (χ3v) is 7.85. The SMILES string of the molecule is Cc1cc2c(cc1-c1c(C)ncc[n+]1C)C1(c3ccccc3-c3ccccc31)c1ccccc1-2. The van der Waals surface area contributed by atoms with Crippen LogP contribution in [-0.2, 0) is 12.5 Å². The summed E-state index contributed by atoms with van der Waals surface area (Å²) in [4.78, 5) is 4.63. The van der Waals surface area contributed by atoms with Crippen molar-refractivity contribution in [2.75, 3.05) is 0 Å². The van der Waals surface area contributed by atoms with E-state index in [1.54, 1.807) is 0 Å². The van der Waals surface area contributed by atoms with Crippen LogP contribution in [0.3, 0.4) is 0 Å². The summed E-state index contributed by atoms with van der Waals surface area (Å²) in [5.41, 5.74) is 15.3. The van der Waals surface area contributed by atoms with Gasteiger partial charge in [0.15, 0.2) is 6.20 Å². The van der Waals surface area contributed by atoms with Gasteiger partial charge in [-0.25, -0.2) is 4.98 Å². The van der Waals surface area contributed by atoms with Crippen LogP contribution in [0.2, 0.25) is 0 Å². The molecule has 0 atom stereocenters. The molecule has 0 fully saturated rings. The summed E-state index contributed by atoms with van der Waals surface area (Å²) in [6.45, 7) is 4.33. The lowest BCUT2D eigenvalue weighted by Gasteiger charge is -2.30. The molecular weight excluding hydrogens is 412 g/mol. The van der Waals surface area contributed by atoms with E-state index in [2.05, 4.69) is 115 Å². The monoisotopic (exact) mass is 437 g/mol. The number of aromatic nitrogens is 2. The van der Waals surface area contributed by atoms with Crippen LogP contribution < -0.4 is 4.57 Å². The fourth-order valence-electron chi connectivity index (χ4n) is 6.52. The van der Waals surface area contributed by atoms with Gasteiger partial charge in [0.1, 0.15) is 12.7 Å². The summed E-state index contributed by atoms with van der Waals surface area (Å²) in [5, 5.41) is 0. The van der Waals surface area contributed by atoms with Crippen LogP contribution in [0.1, 0.15) is 33.5 Å². The van der Waals surface area contributed by atoms with Crippen LogP contribution in [0.25, 0.3) is 33.5 Å². The minimum atomic E-state index is -0.309. The molecule has 0 unspecified atom stereocenters. The maximum atomic E-state index is 4.63. The Morgan fingerprint density at radius 2 is 1.15 bits per heavy atom. The zero-order valence-electron chi connectivity index (χ0n) is 19.6. The van der Waals surface area contributed by atoms with E-state index in [4.69, 9.17) is 0 Å². The molecule has 34 heavy (non-hydrogen) atoms. The lowest BCUT2D eigenvalue weighted by Crippen LogP contribution is -2.32. The third-order valence-electron chi connectivity index (χ3n) is 7.85. The molecule has 0 saturated carbocycles. The first-order chi connectivity index (χ1) is 16.6. The molecular formula is C32H25N2+. The molecule has 1 spiro atoms. The molecule has 1 heterocycles. The standard InChI is InChI=1S/C32H25N2/c1-20-18-26-24-12-6-9-15-29(24)32(30(26)19-25(20)31-21(2)33-16-17-34(31)3)27-13-7-4-10-22(27)23-11-5-8-14-28(23)32/h4-19H,1-3H3/q+1. The van der Waals surface area contributed by atoms with Gasteiger partial charge in [-0.15, -0.1) is 0 Å². The van der Waals surface area contributed by atoms with Crippen molar-refractivity contribution in [3.05, 3.63) is 131 Å². The summed E-state index contributed by atoms with van der Waals surface area (Å²) >= 11 is 0. The summed E-state index contributed by atoms with van der Waals surface area (Å²) in [5.74, 6) is 0. The number of fused-ring (bicyclic) bond motifs is 10. The second-order valence-electron chi connectivity index (χ2n) is 9.57. The number of hydrogen-bond donors (Lipinski definition) is 0. The topological polar surface area (TPSA) is 16.8 Å². The predicted molar refractivity (Wildman–Crippen MR) is 137 cm³/mol. The lowest BCUT2D eigenvalue weighted by molar-refractivity contribution is -0.661. The average molecular weight is 438 g/mol. The minimum absolute atomic E-state index is 0.309. The molecule has 0 bridgehead atoms. The molecule has 162 valence electrons. The molecule has 7 rings (SSSR count). The Hall–Kier alpha value is -4.04. The number of hydrogen-bond acceptors (Lipinski definition) is 1. The van der Waals surface area contributed by atoms with E-state index in [-0.39, 0.29) is 5.41 Å². The summed E-state index contributed by atoms with van der Waals surface area (Å²) < 4.78 is 2.20. The highest BCUT2D eigenvalue weighted by Gasteiger charge is 2.51. The smallest absolute Gasteiger partial charge is 0.233 e. The van der Waals surface area contributed by atoms with Gasteiger partial charge in [-0.2, -0.15) is 4.57 Å². The summed E-state index contributed by atoms with van der Waals surface area (Å²) in [7, 11) is 2.11. The number of nitrogens with zero attached hydrogens (tertiary/aromatic N) is 2. The molecule has 0 saturated heterocycles. The van der Waals surface area contributed by atoms with Crippen molar-refractivity contribution in [1.82, 2.24) is 4.98 Å². The van der Waals surface area contributed by atoms with Gasteiger partial charge in [0, 0.05) is 0 Å². The molecule has 0 aliphatic heterocycles. The van der Waals surface area contributed by atoms with Crippen molar-refractivity contribution in [3.8, 4) is 33.5 Å². The highest BCUT2D eigenvalue weighted by molar-refractivity contribution is 5.96. The first-order valence-corrected chi connectivity index (χ1v) is 11.9. The molecule has 0 N–H and O–H groups in total. The van der Waals surface area contributed by atoms with Gasteiger partial charge >= 0.3 is 0 Å². The Kier molecular flexibility index (Phi) is 3.85. The van der Waals surface area contributed by atoms with Crippen LogP contribution in [0.4, 0.5) is 0 Å². The maximum Gasteiger partial charge on any atom is 0.233 e. The van der Waals surface area contributed by atoms with E-state index >= 15 is 0 Å². The fraction of sp³-hybridized carbons (Fsp3) is 0.125. The van der Waals surface area contributed by atoms with Crippen molar-refractivity contribution in [2.45, 2.75) is 19.3 Å². The highest BCUT2D eigenvalue weighted by Crippen LogP contribution is 2.63. The largest absolute Gasteiger partial charge is 0.248 e. The second kappa shape index (κ2) is 6.74. The van der Waals surface area contributed by atoms with E-state index in [1.807, 2.05) is 12.4 Å². The van der Waals surface area contributed by atoms with Crippen LogP contribution >= 0.6 is 0 Å². The van der Waals surface area contributed by atoms with Crippen molar-refractivity contribution in [2.24, 2.45) is 7.05 Å². The van der Waals surface area contributed by atoms with E-state index in [9.17, 15) is 0 Å². The normalized spacial score (nSPS) is 14.0. The molecule has 2 heteroatoms. The molecule has 2 nitrogen and oxygen atoms in total. The molecule has 2 aliphatic rings. The molecule has 2 aliphatic carbocycles. The Morgan fingerprint density at radius 1 is 0.618 bits per heavy atom. The molecule has 0 radical (unpaired) electrons. The third kappa shape index (κ3) is 2.25. The number of rotatable bonds is 1. The van der Waals surface area contributed by atoms with Crippen LogP contribution in [0.15, 0.2) is 97.3 Å². The van der Waals surface area contributed by atoms with Gasteiger partial charge in [-0.1, -0.05) is 78.9 Å². The molecule has 0 amide bonds. The quantitative estimate of drug-likeness (QED) is 0.267. The average Bonchev–Trinajstić information content (AvgIpc) is 3.31. The first kappa shape index (κ1) is 19.4. The molecule has 5 aromatic rings. The Morgan fingerprint density at radius 3 is 1.71 bits per heavy atom. The van der Waals surface area contributed by atoms with Gasteiger partial charge in [0.05, 0.1) is 17.2 Å². The Bertz CT molecular complexity index is 1580. The van der Waals surface area contributed by atoms with E-state index in [0.717, 1.165) is 5.69 Å². The first-order valence-electron chi connectivity index (χ1n) is 11.9. The van der Waals surface area contributed by atoms with E-state index < -0.39 is 0 Å². The maximum absolute atomic E-state index is 4.63. The minimum Gasteiger partial charge on any atom is -0.248 e. The zero-order chi connectivity index (χ0) is 23.0. The Balaban J connectivity index is 1.66. The van der Waals surface area contributed by atoms with Gasteiger partial charge in [0.25, 0.3) is 0 Å². The number of aryl methyl sites for hydroxylation is 3. The van der Waals surface area contributed by atoms with Crippen LogP contribution in [0, 0.1) is 13.8 Å². The summed E-state index contributed by atoms with van der Waals surface area (Å²) in [6, 6.07) is 31.8. The van der Waals surface area contributed by atoms with Crippen molar-refractivity contribution >= 4 is 0 Å². The van der Waals surface area contributed by atoms with Gasteiger partial charge in [0.2, 0.25) is 5.69 Å². The Labute approximate surface area is 200 Å². The lowest BCUT2D eigenvalue weighted by atomic mass is 9.70. The van der Waals surface area contributed by atoms with E-state index in [0.29, 0.717) is 0 Å². The van der Waals surface area contributed by atoms with Crippen LogP contribution in [-0.4, -0.2) is 4.98 Å². The molecule has 1 aromatic heterocycles. The zero-order valence-corrected chi connectivity index (χ0v) is 19.6. The van der Waals surface area contributed by atoms with Crippen molar-refractivity contribution in [3.63, 3.8) is 0 Å². The second-order valence-corrected chi connectivity index (χ2v) is 9.57. The predicted octanol–water partition coefficient (Wildman–Crippen LogP) is 6.53. The van der Waals surface area contributed by atoms with Gasteiger partial charge in [-0.3, -0.25) is 0 Å². The number of benzene rings is 4. The van der Waals surface area contributed by atoms with E-state index in [1.165, 1.54) is 61.3 Å². The molecule has 4 aromatic carbocycles. The van der Waals surface area contributed by atoms with Crippen LogP contribution in [0.5, 0.6) is 0 Å². The summed E-state index contributed by atoms with van der Waals surface area (Å²) in [6.07, 6.45) is 3.92. The fourth-order valence-corrected chi connectivity index (χ4v) is 6.52. The van der Waals surface area contributed by atoms with Gasteiger partial charge in [-0.05, 0) is 70.0 Å².